The Labute approximate surface area is 107 Å². The zero-order valence-electron chi connectivity index (χ0n) is 10.7. The van der Waals surface area contributed by atoms with E-state index in [1.807, 2.05) is 7.05 Å². The molecule has 0 aliphatic rings. The molecule has 98 valence electrons. The molecule has 0 fully saturated rings. The molecular formula is C14H20N2O2. The van der Waals surface area contributed by atoms with Crippen LogP contribution < -0.4 is 5.32 Å². The number of rotatable bonds is 7. The van der Waals surface area contributed by atoms with Crippen LogP contribution in [0.1, 0.15) is 5.56 Å². The molecule has 0 amide bonds. The largest absolute Gasteiger partial charge is 0.394 e. The van der Waals surface area contributed by atoms with Crippen LogP contribution in [0, 0.1) is 0 Å². The molecule has 1 heterocycles. The van der Waals surface area contributed by atoms with Gasteiger partial charge in [-0.1, -0.05) is 6.07 Å². The van der Waals surface area contributed by atoms with Gasteiger partial charge in [0.25, 0.3) is 0 Å². The summed E-state index contributed by atoms with van der Waals surface area (Å²) in [5, 5.41) is 13.0. The highest BCUT2D eigenvalue weighted by Crippen LogP contribution is 2.17. The summed E-state index contributed by atoms with van der Waals surface area (Å²) in [7, 11) is 1.95. The van der Waals surface area contributed by atoms with Crippen LogP contribution in [0.25, 0.3) is 10.9 Å². The van der Waals surface area contributed by atoms with Crippen LogP contribution >= 0.6 is 0 Å². The van der Waals surface area contributed by atoms with Crippen molar-refractivity contribution >= 4 is 10.9 Å². The van der Waals surface area contributed by atoms with Crippen LogP contribution in [0.3, 0.4) is 0 Å². The lowest BCUT2D eigenvalue weighted by Crippen LogP contribution is -2.07. The molecular weight excluding hydrogens is 228 g/mol. The van der Waals surface area contributed by atoms with Gasteiger partial charge in [-0.15, -0.1) is 0 Å². The van der Waals surface area contributed by atoms with E-state index in [-0.39, 0.29) is 6.61 Å². The number of ether oxygens (including phenoxy) is 1. The van der Waals surface area contributed by atoms with E-state index in [1.54, 1.807) is 0 Å². The van der Waals surface area contributed by atoms with E-state index in [0.29, 0.717) is 13.2 Å². The maximum Gasteiger partial charge on any atom is 0.0698 e. The van der Waals surface area contributed by atoms with E-state index in [4.69, 9.17) is 9.84 Å². The van der Waals surface area contributed by atoms with E-state index in [0.717, 1.165) is 13.1 Å². The Morgan fingerprint density at radius 3 is 2.94 bits per heavy atom. The number of nitrogens with one attached hydrogen (secondary N) is 1. The topological polar surface area (TPSA) is 46.4 Å². The molecule has 0 aliphatic carbocycles. The number of aliphatic hydroxyl groups excluding tert-OH is 1. The summed E-state index contributed by atoms with van der Waals surface area (Å²) in [6.07, 6.45) is 2.08. The van der Waals surface area contributed by atoms with Crippen molar-refractivity contribution in [2.24, 2.45) is 0 Å². The van der Waals surface area contributed by atoms with E-state index in [9.17, 15) is 0 Å². The molecule has 2 N–H and O–H groups in total. The van der Waals surface area contributed by atoms with Crippen LogP contribution in [0.4, 0.5) is 0 Å². The van der Waals surface area contributed by atoms with Crippen molar-refractivity contribution in [3.8, 4) is 0 Å². The van der Waals surface area contributed by atoms with Crippen LogP contribution in [0.15, 0.2) is 30.5 Å². The van der Waals surface area contributed by atoms with Crippen molar-refractivity contribution < 1.29 is 9.84 Å². The molecule has 0 radical (unpaired) electrons. The lowest BCUT2D eigenvalue weighted by Gasteiger charge is -2.07. The maximum atomic E-state index is 8.64. The summed E-state index contributed by atoms with van der Waals surface area (Å²) in [5.41, 5.74) is 2.52. The molecule has 0 spiro atoms. The van der Waals surface area contributed by atoms with Crippen molar-refractivity contribution in [2.45, 2.75) is 13.1 Å². The third-order valence-electron chi connectivity index (χ3n) is 2.93. The molecule has 0 saturated heterocycles. The van der Waals surface area contributed by atoms with Gasteiger partial charge >= 0.3 is 0 Å². The standard InChI is InChI=1S/C14H20N2O2/c1-15-11-12-2-3-14-13(10-12)4-5-16(14)6-8-18-9-7-17/h2-5,10,15,17H,6-9,11H2,1H3. The first-order valence-electron chi connectivity index (χ1n) is 6.26. The van der Waals surface area contributed by atoms with Crippen LogP contribution in [-0.4, -0.2) is 36.5 Å². The maximum absolute atomic E-state index is 8.64. The van der Waals surface area contributed by atoms with Crippen LogP contribution in [0.2, 0.25) is 0 Å². The van der Waals surface area contributed by atoms with Crippen molar-refractivity contribution in [1.29, 1.82) is 0 Å². The van der Waals surface area contributed by atoms with Gasteiger partial charge in [-0.05, 0) is 36.2 Å². The van der Waals surface area contributed by atoms with Gasteiger partial charge in [0.05, 0.1) is 19.8 Å². The Hall–Kier alpha value is -1.36. The predicted molar refractivity (Wildman–Crippen MR) is 72.6 cm³/mol. The number of aromatic nitrogens is 1. The SMILES string of the molecule is CNCc1ccc2c(ccn2CCOCCO)c1. The highest BCUT2D eigenvalue weighted by atomic mass is 16.5. The van der Waals surface area contributed by atoms with Gasteiger partial charge < -0.3 is 19.7 Å². The van der Waals surface area contributed by atoms with E-state index >= 15 is 0 Å². The van der Waals surface area contributed by atoms with Crippen molar-refractivity contribution in [3.05, 3.63) is 36.0 Å². The third-order valence-corrected chi connectivity index (χ3v) is 2.93. The first kappa shape index (κ1) is 13.1. The molecule has 0 aliphatic heterocycles. The summed E-state index contributed by atoms with van der Waals surface area (Å²) >= 11 is 0. The van der Waals surface area contributed by atoms with Crippen molar-refractivity contribution in [1.82, 2.24) is 9.88 Å². The molecule has 0 unspecified atom stereocenters. The smallest absolute Gasteiger partial charge is 0.0698 e. The van der Waals surface area contributed by atoms with Crippen LogP contribution in [-0.2, 0) is 17.8 Å². The molecule has 2 rings (SSSR count). The fourth-order valence-corrected chi connectivity index (χ4v) is 2.09. The van der Waals surface area contributed by atoms with Gasteiger partial charge in [0.2, 0.25) is 0 Å². The van der Waals surface area contributed by atoms with Gasteiger partial charge in [-0.2, -0.15) is 0 Å². The monoisotopic (exact) mass is 248 g/mol. The number of hydrogen-bond acceptors (Lipinski definition) is 3. The third kappa shape index (κ3) is 3.10. The Morgan fingerprint density at radius 1 is 1.28 bits per heavy atom. The second-order valence-electron chi connectivity index (χ2n) is 4.27. The molecule has 0 saturated carbocycles. The normalized spacial score (nSPS) is 11.2. The second-order valence-corrected chi connectivity index (χ2v) is 4.27. The van der Waals surface area contributed by atoms with Gasteiger partial charge in [0, 0.05) is 24.8 Å². The molecule has 0 atom stereocenters. The van der Waals surface area contributed by atoms with E-state index in [2.05, 4.69) is 40.3 Å². The second kappa shape index (κ2) is 6.54. The quantitative estimate of drug-likeness (QED) is 0.728. The van der Waals surface area contributed by atoms with Crippen molar-refractivity contribution in [2.75, 3.05) is 26.9 Å². The first-order chi connectivity index (χ1) is 8.85. The fraction of sp³-hybridized carbons (Fsp3) is 0.429. The summed E-state index contributed by atoms with van der Waals surface area (Å²) in [6, 6.07) is 8.62. The van der Waals surface area contributed by atoms with Gasteiger partial charge in [-0.3, -0.25) is 0 Å². The molecule has 1 aromatic heterocycles. The minimum Gasteiger partial charge on any atom is -0.394 e. The lowest BCUT2D eigenvalue weighted by atomic mass is 10.1. The zero-order chi connectivity index (χ0) is 12.8. The Balaban J connectivity index is 2.06. The Bertz CT molecular complexity index is 493. The van der Waals surface area contributed by atoms with Gasteiger partial charge in [0.15, 0.2) is 0 Å². The van der Waals surface area contributed by atoms with E-state index in [1.165, 1.54) is 16.5 Å². The van der Waals surface area contributed by atoms with Gasteiger partial charge in [-0.25, -0.2) is 0 Å². The first-order valence-corrected chi connectivity index (χ1v) is 6.26. The minimum atomic E-state index is 0.0831. The predicted octanol–water partition coefficient (Wildman–Crippen LogP) is 1.37. The minimum absolute atomic E-state index is 0.0831. The van der Waals surface area contributed by atoms with Crippen molar-refractivity contribution in [3.63, 3.8) is 0 Å². The number of fused-ring (bicyclic) bond motifs is 1. The van der Waals surface area contributed by atoms with Gasteiger partial charge in [0.1, 0.15) is 0 Å². The summed E-state index contributed by atoms with van der Waals surface area (Å²) in [5.74, 6) is 0. The molecule has 0 bridgehead atoms. The molecule has 18 heavy (non-hydrogen) atoms. The summed E-state index contributed by atoms with van der Waals surface area (Å²) < 4.78 is 7.46. The number of benzene rings is 1. The molecule has 1 aromatic carbocycles. The Kier molecular flexibility index (Phi) is 4.75. The highest BCUT2D eigenvalue weighted by molar-refractivity contribution is 5.80. The average molecular weight is 248 g/mol. The molecule has 4 heteroatoms. The summed E-state index contributed by atoms with van der Waals surface area (Å²) in [4.78, 5) is 0. The average Bonchev–Trinajstić information content (AvgIpc) is 2.78. The molecule has 4 nitrogen and oxygen atoms in total. The lowest BCUT2D eigenvalue weighted by molar-refractivity contribution is 0.0875. The highest BCUT2D eigenvalue weighted by Gasteiger charge is 2.02. The van der Waals surface area contributed by atoms with Crippen LogP contribution in [0.5, 0.6) is 0 Å². The molecule has 2 aromatic rings. The summed E-state index contributed by atoms with van der Waals surface area (Å²) in [6.45, 7) is 2.82. The Morgan fingerprint density at radius 2 is 2.17 bits per heavy atom. The number of nitrogens with zero attached hydrogens (tertiary/aromatic N) is 1. The number of hydrogen-bond donors (Lipinski definition) is 2. The van der Waals surface area contributed by atoms with E-state index < -0.39 is 0 Å². The number of aliphatic hydroxyl groups is 1. The fourth-order valence-electron chi connectivity index (χ4n) is 2.09. The zero-order valence-corrected chi connectivity index (χ0v) is 10.7.